The minimum atomic E-state index is -0.623. The number of aromatic nitrogens is 4. The molecule has 0 saturated carbocycles. The number of nitrogens with zero attached hydrogens (tertiary/aromatic N) is 4. The van der Waals surface area contributed by atoms with Crippen molar-refractivity contribution < 1.29 is 9.26 Å². The molecule has 0 unspecified atom stereocenters. The molecular formula is C13H12N6O3. The quantitative estimate of drug-likeness (QED) is 0.717. The summed E-state index contributed by atoms with van der Waals surface area (Å²) >= 11 is 0. The first-order valence-corrected chi connectivity index (χ1v) is 6.34. The number of benzene rings is 1. The monoisotopic (exact) mass is 300 g/mol. The topological polar surface area (TPSA) is 122 Å². The maximum absolute atomic E-state index is 11.7. The zero-order chi connectivity index (χ0) is 15.5. The lowest BCUT2D eigenvalue weighted by molar-refractivity contribution is 0.394. The van der Waals surface area contributed by atoms with Crippen LogP contribution in [-0.2, 0) is 0 Å². The van der Waals surface area contributed by atoms with Crippen molar-refractivity contribution in [2.24, 2.45) is 10.2 Å². The molecule has 1 aromatic carbocycles. The highest BCUT2D eigenvalue weighted by Gasteiger charge is 2.14. The van der Waals surface area contributed by atoms with Crippen molar-refractivity contribution >= 4 is 11.6 Å². The molecule has 3 rings (SSSR count). The van der Waals surface area contributed by atoms with Gasteiger partial charge in [-0.1, -0.05) is 0 Å². The Morgan fingerprint density at radius 2 is 2.00 bits per heavy atom. The van der Waals surface area contributed by atoms with Crippen LogP contribution in [0.25, 0.3) is 11.3 Å². The summed E-state index contributed by atoms with van der Waals surface area (Å²) in [5.41, 5.74) is 0.560. The smallest absolute Gasteiger partial charge is 0.385 e. The van der Waals surface area contributed by atoms with Gasteiger partial charge in [-0.15, -0.1) is 15.3 Å². The second kappa shape index (κ2) is 5.64. The largest absolute Gasteiger partial charge is 0.497 e. The van der Waals surface area contributed by atoms with Gasteiger partial charge < -0.3 is 9.26 Å². The van der Waals surface area contributed by atoms with Crippen molar-refractivity contribution in [3.05, 3.63) is 40.5 Å². The van der Waals surface area contributed by atoms with E-state index >= 15 is 0 Å². The molecule has 22 heavy (non-hydrogen) atoms. The molecule has 0 radical (unpaired) electrons. The maximum atomic E-state index is 11.7. The van der Waals surface area contributed by atoms with E-state index in [4.69, 9.17) is 9.26 Å². The Morgan fingerprint density at radius 1 is 1.23 bits per heavy atom. The minimum absolute atomic E-state index is 0.0487. The Kier molecular flexibility index (Phi) is 3.52. The molecule has 0 bridgehead atoms. The molecule has 112 valence electrons. The predicted molar refractivity (Wildman–Crippen MR) is 76.6 cm³/mol. The molecule has 0 atom stereocenters. The summed E-state index contributed by atoms with van der Waals surface area (Å²) in [6.07, 6.45) is 0. The maximum Gasteiger partial charge on any atom is 0.385 e. The number of aromatic amines is 2. The van der Waals surface area contributed by atoms with Gasteiger partial charge in [-0.05, 0) is 31.2 Å². The lowest BCUT2D eigenvalue weighted by Gasteiger charge is -2.01. The van der Waals surface area contributed by atoms with Gasteiger partial charge in [0.1, 0.15) is 17.3 Å². The van der Waals surface area contributed by atoms with Crippen LogP contribution in [0.15, 0.2) is 43.8 Å². The fraction of sp³-hybridized carbons (Fsp3) is 0.154. The van der Waals surface area contributed by atoms with Crippen LogP contribution in [-0.4, -0.2) is 27.4 Å². The molecule has 0 spiro atoms. The predicted octanol–water partition coefficient (Wildman–Crippen LogP) is 2.49. The fourth-order valence-electron chi connectivity index (χ4n) is 1.81. The van der Waals surface area contributed by atoms with Crippen molar-refractivity contribution in [3.8, 4) is 17.0 Å². The van der Waals surface area contributed by atoms with Gasteiger partial charge in [0.15, 0.2) is 5.69 Å². The average Bonchev–Trinajstić information content (AvgIpc) is 3.11. The van der Waals surface area contributed by atoms with Crippen molar-refractivity contribution in [1.82, 2.24) is 20.3 Å². The van der Waals surface area contributed by atoms with Crippen LogP contribution in [0, 0.1) is 6.92 Å². The molecule has 2 heterocycles. The number of azo groups is 1. The van der Waals surface area contributed by atoms with Crippen LogP contribution < -0.4 is 10.4 Å². The first kappa shape index (κ1) is 13.7. The Bertz CT molecular complexity index is 859. The fourth-order valence-corrected chi connectivity index (χ4v) is 1.81. The van der Waals surface area contributed by atoms with E-state index in [1.807, 2.05) is 0 Å². The van der Waals surface area contributed by atoms with Gasteiger partial charge in [-0.2, -0.15) is 4.98 Å². The van der Waals surface area contributed by atoms with Crippen LogP contribution in [0.3, 0.4) is 0 Å². The summed E-state index contributed by atoms with van der Waals surface area (Å²) in [7, 11) is 1.58. The number of rotatable bonds is 4. The molecule has 2 N–H and O–H groups in total. The van der Waals surface area contributed by atoms with Gasteiger partial charge in [0, 0.05) is 5.56 Å². The molecule has 3 aromatic rings. The molecular weight excluding hydrogens is 288 g/mol. The lowest BCUT2D eigenvalue weighted by Crippen LogP contribution is -1.90. The van der Waals surface area contributed by atoms with Crippen LogP contribution >= 0.6 is 0 Å². The highest BCUT2D eigenvalue weighted by molar-refractivity contribution is 5.71. The summed E-state index contributed by atoms with van der Waals surface area (Å²) < 4.78 is 9.88. The number of hydrogen-bond acceptors (Lipinski definition) is 7. The van der Waals surface area contributed by atoms with Crippen molar-refractivity contribution in [2.75, 3.05) is 7.11 Å². The van der Waals surface area contributed by atoms with E-state index in [9.17, 15) is 4.79 Å². The number of methoxy groups -OCH3 is 1. The lowest BCUT2D eigenvalue weighted by atomic mass is 10.1. The number of ether oxygens (including phenoxy) is 1. The Hall–Kier alpha value is -3.23. The third kappa shape index (κ3) is 2.64. The van der Waals surface area contributed by atoms with Crippen LogP contribution in [0.1, 0.15) is 5.82 Å². The van der Waals surface area contributed by atoms with E-state index in [0.717, 1.165) is 0 Å². The van der Waals surface area contributed by atoms with E-state index in [1.54, 1.807) is 38.3 Å². The Balaban J connectivity index is 1.96. The first-order valence-electron chi connectivity index (χ1n) is 6.34. The zero-order valence-corrected chi connectivity index (χ0v) is 11.8. The second-order valence-electron chi connectivity index (χ2n) is 4.36. The van der Waals surface area contributed by atoms with Crippen molar-refractivity contribution in [3.63, 3.8) is 0 Å². The molecule has 0 saturated heterocycles. The summed E-state index contributed by atoms with van der Waals surface area (Å²) in [4.78, 5) is 15.7. The minimum Gasteiger partial charge on any atom is -0.497 e. The van der Waals surface area contributed by atoms with E-state index < -0.39 is 5.63 Å². The highest BCUT2D eigenvalue weighted by atomic mass is 16.5. The summed E-state index contributed by atoms with van der Waals surface area (Å²) in [5.74, 6) is 1.44. The first-order chi connectivity index (χ1) is 10.7. The van der Waals surface area contributed by atoms with Crippen LogP contribution in [0.2, 0.25) is 0 Å². The summed E-state index contributed by atoms with van der Waals surface area (Å²) in [5, 5.41) is 16.7. The molecule has 2 aromatic heterocycles. The Labute approximate surface area is 124 Å². The number of nitrogens with one attached hydrogen (secondary N) is 2. The highest BCUT2D eigenvalue weighted by Crippen LogP contribution is 2.28. The van der Waals surface area contributed by atoms with Gasteiger partial charge in [0.25, 0.3) is 5.95 Å². The van der Waals surface area contributed by atoms with Crippen LogP contribution in [0.5, 0.6) is 5.75 Å². The standard InChI is InChI=1S/C13H12N6O3/c1-7-14-13(17-15-7)18-16-11-10(19-22-12(11)20)8-3-5-9(21-2)6-4-8/h3-6,19H,1-2H3,(H,14,15,17). The third-order valence-electron chi connectivity index (χ3n) is 2.88. The van der Waals surface area contributed by atoms with E-state index in [1.165, 1.54) is 0 Å². The van der Waals surface area contributed by atoms with Crippen LogP contribution in [0.4, 0.5) is 11.6 Å². The van der Waals surface area contributed by atoms with Crippen molar-refractivity contribution in [1.29, 1.82) is 0 Å². The van der Waals surface area contributed by atoms with Gasteiger partial charge in [0.05, 0.1) is 7.11 Å². The zero-order valence-electron chi connectivity index (χ0n) is 11.8. The van der Waals surface area contributed by atoms with E-state index in [0.29, 0.717) is 22.8 Å². The molecule has 9 heteroatoms. The molecule has 0 aliphatic rings. The molecule has 0 aliphatic carbocycles. The third-order valence-corrected chi connectivity index (χ3v) is 2.88. The van der Waals surface area contributed by atoms with E-state index in [2.05, 4.69) is 30.6 Å². The number of H-pyrrole nitrogens is 2. The van der Waals surface area contributed by atoms with Gasteiger partial charge in [-0.25, -0.2) is 9.95 Å². The Morgan fingerprint density at radius 3 is 2.64 bits per heavy atom. The molecule has 0 amide bonds. The van der Waals surface area contributed by atoms with Gasteiger partial charge >= 0.3 is 5.63 Å². The van der Waals surface area contributed by atoms with Gasteiger partial charge in [-0.3, -0.25) is 5.10 Å². The average molecular weight is 300 g/mol. The summed E-state index contributed by atoms with van der Waals surface area (Å²) in [6, 6.07) is 7.07. The molecule has 9 nitrogen and oxygen atoms in total. The second-order valence-corrected chi connectivity index (χ2v) is 4.36. The molecule has 0 aliphatic heterocycles. The number of aryl methyl sites for hydroxylation is 1. The molecule has 0 fully saturated rings. The number of hydrogen-bond donors (Lipinski definition) is 2. The SMILES string of the molecule is COc1ccc(-c2[nH]oc(=O)c2N=Nc2n[nH]c(C)n2)cc1. The van der Waals surface area contributed by atoms with E-state index in [-0.39, 0.29) is 11.6 Å². The normalized spacial score (nSPS) is 11.2. The summed E-state index contributed by atoms with van der Waals surface area (Å²) in [6.45, 7) is 1.74. The van der Waals surface area contributed by atoms with Crippen molar-refractivity contribution in [2.45, 2.75) is 6.92 Å². The van der Waals surface area contributed by atoms with Gasteiger partial charge in [0.2, 0.25) is 0 Å².